The standard InChI is InChI=1S/C12H14N2O3/c1-7-13-9-5-8(11(15)6-12(16)17)3-4-10(9)14(7)2/h3-5,11,15H,6H2,1-2H3,(H,16,17). The maximum Gasteiger partial charge on any atom is 0.306 e. The molecular weight excluding hydrogens is 220 g/mol. The van der Waals surface area contributed by atoms with Gasteiger partial charge in [0.25, 0.3) is 0 Å². The number of aromatic nitrogens is 2. The summed E-state index contributed by atoms with van der Waals surface area (Å²) in [6, 6.07) is 5.31. The molecule has 1 aromatic carbocycles. The average molecular weight is 234 g/mol. The Labute approximate surface area is 98.3 Å². The Morgan fingerprint density at radius 1 is 1.53 bits per heavy atom. The zero-order chi connectivity index (χ0) is 12.6. The van der Waals surface area contributed by atoms with Crippen molar-refractivity contribution in [1.29, 1.82) is 0 Å². The Balaban J connectivity index is 2.41. The maximum absolute atomic E-state index is 10.5. The highest BCUT2D eigenvalue weighted by molar-refractivity contribution is 5.77. The second-order valence-corrected chi connectivity index (χ2v) is 4.08. The molecule has 0 fully saturated rings. The van der Waals surface area contributed by atoms with Gasteiger partial charge in [-0.1, -0.05) is 6.07 Å². The lowest BCUT2D eigenvalue weighted by Gasteiger charge is -2.07. The first-order chi connectivity index (χ1) is 7.99. The van der Waals surface area contributed by atoms with Crippen molar-refractivity contribution in [2.75, 3.05) is 0 Å². The molecule has 0 radical (unpaired) electrons. The fourth-order valence-corrected chi connectivity index (χ4v) is 1.83. The molecule has 2 N–H and O–H groups in total. The Morgan fingerprint density at radius 3 is 2.88 bits per heavy atom. The summed E-state index contributed by atoms with van der Waals surface area (Å²) in [7, 11) is 1.91. The number of aliphatic carboxylic acids is 1. The number of carboxylic acid groups (broad SMARTS) is 1. The van der Waals surface area contributed by atoms with Gasteiger partial charge in [0.1, 0.15) is 5.82 Å². The minimum atomic E-state index is -1.02. The summed E-state index contributed by atoms with van der Waals surface area (Å²) in [6.45, 7) is 1.90. The molecule has 0 spiro atoms. The van der Waals surface area contributed by atoms with Crippen molar-refractivity contribution < 1.29 is 15.0 Å². The van der Waals surface area contributed by atoms with E-state index >= 15 is 0 Å². The van der Waals surface area contributed by atoms with E-state index in [1.54, 1.807) is 12.1 Å². The zero-order valence-corrected chi connectivity index (χ0v) is 9.71. The smallest absolute Gasteiger partial charge is 0.306 e. The second kappa shape index (κ2) is 4.18. The summed E-state index contributed by atoms with van der Waals surface area (Å²) in [5.74, 6) is -0.139. The molecule has 2 rings (SSSR count). The first-order valence-electron chi connectivity index (χ1n) is 5.32. The summed E-state index contributed by atoms with van der Waals surface area (Å²) in [4.78, 5) is 14.9. The van der Waals surface area contributed by atoms with Crippen LogP contribution in [-0.4, -0.2) is 25.7 Å². The van der Waals surface area contributed by atoms with Crippen molar-refractivity contribution in [1.82, 2.24) is 9.55 Å². The van der Waals surface area contributed by atoms with Crippen molar-refractivity contribution >= 4 is 17.0 Å². The van der Waals surface area contributed by atoms with E-state index in [-0.39, 0.29) is 6.42 Å². The number of carbonyl (C=O) groups is 1. The van der Waals surface area contributed by atoms with Gasteiger partial charge in [0, 0.05) is 7.05 Å². The number of carboxylic acids is 1. The highest BCUT2D eigenvalue weighted by atomic mass is 16.4. The number of aliphatic hydroxyl groups excluding tert-OH is 1. The number of rotatable bonds is 3. The maximum atomic E-state index is 10.5. The van der Waals surface area contributed by atoms with E-state index in [0.717, 1.165) is 16.9 Å². The Kier molecular flexibility index (Phi) is 2.85. The molecule has 0 aliphatic rings. The van der Waals surface area contributed by atoms with Crippen molar-refractivity contribution in [2.45, 2.75) is 19.4 Å². The van der Waals surface area contributed by atoms with Gasteiger partial charge in [-0.25, -0.2) is 4.98 Å². The lowest BCUT2D eigenvalue weighted by Crippen LogP contribution is -2.05. The summed E-state index contributed by atoms with van der Waals surface area (Å²) in [6.07, 6.45) is -1.28. The van der Waals surface area contributed by atoms with Crippen LogP contribution in [0.25, 0.3) is 11.0 Å². The Morgan fingerprint density at radius 2 is 2.24 bits per heavy atom. The van der Waals surface area contributed by atoms with E-state index in [4.69, 9.17) is 5.11 Å². The molecule has 0 aliphatic carbocycles. The molecule has 0 saturated carbocycles. The predicted octanol–water partition coefficient (Wildman–Crippen LogP) is 1.39. The molecule has 1 unspecified atom stereocenters. The van der Waals surface area contributed by atoms with Gasteiger partial charge in [0.2, 0.25) is 0 Å². The minimum Gasteiger partial charge on any atom is -0.481 e. The lowest BCUT2D eigenvalue weighted by molar-refractivity contribution is -0.139. The van der Waals surface area contributed by atoms with Crippen LogP contribution in [0.4, 0.5) is 0 Å². The third-order valence-electron chi connectivity index (χ3n) is 2.88. The number of imidazole rings is 1. The SMILES string of the molecule is Cc1nc2cc(C(O)CC(=O)O)ccc2n1C. The quantitative estimate of drug-likeness (QED) is 0.841. The second-order valence-electron chi connectivity index (χ2n) is 4.08. The van der Waals surface area contributed by atoms with Gasteiger partial charge in [0.15, 0.2) is 0 Å². The molecule has 2 aromatic rings. The zero-order valence-electron chi connectivity index (χ0n) is 9.71. The number of aryl methyl sites for hydroxylation is 2. The first kappa shape index (κ1) is 11.6. The highest BCUT2D eigenvalue weighted by Gasteiger charge is 2.13. The number of fused-ring (bicyclic) bond motifs is 1. The van der Waals surface area contributed by atoms with Gasteiger partial charge in [0.05, 0.1) is 23.6 Å². The third kappa shape index (κ3) is 2.14. The third-order valence-corrected chi connectivity index (χ3v) is 2.88. The van der Waals surface area contributed by atoms with Crippen LogP contribution in [0.1, 0.15) is 23.9 Å². The molecule has 0 amide bonds. The van der Waals surface area contributed by atoms with Crippen molar-refractivity contribution in [3.05, 3.63) is 29.6 Å². The van der Waals surface area contributed by atoms with Crippen LogP contribution in [-0.2, 0) is 11.8 Å². The van der Waals surface area contributed by atoms with Gasteiger partial charge in [-0.3, -0.25) is 4.79 Å². The van der Waals surface area contributed by atoms with Crippen LogP contribution in [0.5, 0.6) is 0 Å². The van der Waals surface area contributed by atoms with E-state index in [2.05, 4.69) is 4.98 Å². The molecule has 1 atom stereocenters. The van der Waals surface area contributed by atoms with Gasteiger partial charge in [-0.2, -0.15) is 0 Å². The summed E-state index contributed by atoms with van der Waals surface area (Å²) in [5.41, 5.74) is 2.32. The van der Waals surface area contributed by atoms with E-state index in [1.807, 2.05) is 24.6 Å². The number of benzene rings is 1. The number of aliphatic hydroxyl groups is 1. The summed E-state index contributed by atoms with van der Waals surface area (Å²) < 4.78 is 1.95. The summed E-state index contributed by atoms with van der Waals surface area (Å²) >= 11 is 0. The number of hydrogen-bond acceptors (Lipinski definition) is 3. The van der Waals surface area contributed by atoms with Gasteiger partial charge in [-0.15, -0.1) is 0 Å². The topological polar surface area (TPSA) is 75.3 Å². The van der Waals surface area contributed by atoms with Crippen LogP contribution >= 0.6 is 0 Å². The molecule has 17 heavy (non-hydrogen) atoms. The molecule has 0 aliphatic heterocycles. The molecular formula is C12H14N2O3. The lowest BCUT2D eigenvalue weighted by atomic mass is 10.1. The predicted molar refractivity (Wildman–Crippen MR) is 62.7 cm³/mol. The average Bonchev–Trinajstić information content (AvgIpc) is 2.53. The molecule has 90 valence electrons. The van der Waals surface area contributed by atoms with E-state index in [1.165, 1.54) is 0 Å². The summed E-state index contributed by atoms with van der Waals surface area (Å²) in [5, 5.41) is 18.3. The van der Waals surface area contributed by atoms with Crippen molar-refractivity contribution in [3.8, 4) is 0 Å². The van der Waals surface area contributed by atoms with Crippen LogP contribution in [0, 0.1) is 6.92 Å². The Hall–Kier alpha value is -1.88. The van der Waals surface area contributed by atoms with Crippen LogP contribution < -0.4 is 0 Å². The monoisotopic (exact) mass is 234 g/mol. The molecule has 0 bridgehead atoms. The van der Waals surface area contributed by atoms with Gasteiger partial charge >= 0.3 is 5.97 Å². The van der Waals surface area contributed by atoms with Crippen LogP contribution in [0.3, 0.4) is 0 Å². The molecule has 0 saturated heterocycles. The normalized spacial score (nSPS) is 12.9. The highest BCUT2D eigenvalue weighted by Crippen LogP contribution is 2.22. The minimum absolute atomic E-state index is 0.294. The fraction of sp³-hybridized carbons (Fsp3) is 0.333. The van der Waals surface area contributed by atoms with Gasteiger partial charge < -0.3 is 14.8 Å². The number of hydrogen-bond donors (Lipinski definition) is 2. The first-order valence-corrected chi connectivity index (χ1v) is 5.32. The molecule has 5 heteroatoms. The Bertz CT molecular complexity index is 574. The van der Waals surface area contributed by atoms with Crippen molar-refractivity contribution in [2.24, 2.45) is 7.05 Å². The van der Waals surface area contributed by atoms with Gasteiger partial charge in [-0.05, 0) is 24.6 Å². The van der Waals surface area contributed by atoms with E-state index in [9.17, 15) is 9.90 Å². The van der Waals surface area contributed by atoms with Crippen molar-refractivity contribution in [3.63, 3.8) is 0 Å². The van der Waals surface area contributed by atoms with Crippen LogP contribution in [0.2, 0.25) is 0 Å². The number of nitrogens with zero attached hydrogens (tertiary/aromatic N) is 2. The van der Waals surface area contributed by atoms with E-state index < -0.39 is 12.1 Å². The molecule has 1 heterocycles. The van der Waals surface area contributed by atoms with E-state index in [0.29, 0.717) is 5.56 Å². The molecule has 1 aromatic heterocycles. The largest absolute Gasteiger partial charge is 0.481 e. The van der Waals surface area contributed by atoms with Crippen LogP contribution in [0.15, 0.2) is 18.2 Å². The molecule has 5 nitrogen and oxygen atoms in total. The fourth-order valence-electron chi connectivity index (χ4n) is 1.83.